The number of hydrogen-bond donors (Lipinski definition) is 0. The Balaban J connectivity index is 1.63. The molecule has 0 saturated carbocycles. The molecule has 0 spiro atoms. The number of para-hydroxylation sites is 2. The van der Waals surface area contributed by atoms with E-state index in [2.05, 4.69) is 14.9 Å². The Labute approximate surface area is 160 Å². The van der Waals surface area contributed by atoms with Gasteiger partial charge in [0.15, 0.2) is 0 Å². The van der Waals surface area contributed by atoms with Crippen LogP contribution in [0, 0.1) is 0 Å². The van der Waals surface area contributed by atoms with E-state index in [0.717, 1.165) is 37.1 Å². The number of nitrogens with zero attached hydrogens (tertiary/aromatic N) is 5. The largest absolute Gasteiger partial charge is 0.342 e. The highest BCUT2D eigenvalue weighted by molar-refractivity contribution is 5.93. The quantitative estimate of drug-likeness (QED) is 0.801. The summed E-state index contributed by atoms with van der Waals surface area (Å²) < 4.78 is 0. The summed E-state index contributed by atoms with van der Waals surface area (Å²) in [6.07, 6.45) is 2.40. The first-order valence-electron chi connectivity index (χ1n) is 9.63. The SMILES string of the molecule is CCN(CC)C(=O)CN1CCCN(C(=O)c2cnc3ccccc3n2)CC1. The van der Waals surface area contributed by atoms with Crippen molar-refractivity contribution in [1.82, 2.24) is 24.7 Å². The van der Waals surface area contributed by atoms with Gasteiger partial charge < -0.3 is 9.80 Å². The van der Waals surface area contributed by atoms with Gasteiger partial charge in [-0.2, -0.15) is 0 Å². The smallest absolute Gasteiger partial charge is 0.274 e. The van der Waals surface area contributed by atoms with Crippen LogP contribution in [0.4, 0.5) is 0 Å². The molecule has 2 amide bonds. The Hall–Kier alpha value is -2.54. The molecule has 2 aromatic rings. The summed E-state index contributed by atoms with van der Waals surface area (Å²) in [5, 5.41) is 0. The maximum atomic E-state index is 12.9. The molecule has 0 N–H and O–H groups in total. The van der Waals surface area contributed by atoms with E-state index in [0.29, 0.717) is 31.9 Å². The number of fused-ring (bicyclic) bond motifs is 1. The molecular formula is C20H27N5O2. The molecular weight excluding hydrogens is 342 g/mol. The molecule has 0 radical (unpaired) electrons. The summed E-state index contributed by atoms with van der Waals surface area (Å²) in [4.78, 5) is 39.8. The summed E-state index contributed by atoms with van der Waals surface area (Å²) in [7, 11) is 0. The van der Waals surface area contributed by atoms with E-state index in [9.17, 15) is 9.59 Å². The molecule has 0 atom stereocenters. The second-order valence-corrected chi connectivity index (χ2v) is 6.73. The number of aromatic nitrogens is 2. The Kier molecular flexibility index (Phi) is 6.34. The number of hydrogen-bond acceptors (Lipinski definition) is 5. The van der Waals surface area contributed by atoms with Crippen LogP contribution >= 0.6 is 0 Å². The minimum atomic E-state index is -0.0924. The van der Waals surface area contributed by atoms with Crippen LogP contribution in [0.25, 0.3) is 11.0 Å². The molecule has 1 saturated heterocycles. The number of carbonyl (C=O) groups is 2. The highest BCUT2D eigenvalue weighted by Crippen LogP contribution is 2.12. The molecule has 27 heavy (non-hydrogen) atoms. The summed E-state index contributed by atoms with van der Waals surface area (Å²) in [5.74, 6) is 0.0605. The van der Waals surface area contributed by atoms with Gasteiger partial charge in [-0.25, -0.2) is 4.98 Å². The molecule has 7 heteroatoms. The molecule has 1 fully saturated rings. The van der Waals surface area contributed by atoms with E-state index in [1.807, 2.05) is 47.9 Å². The van der Waals surface area contributed by atoms with Crippen molar-refractivity contribution in [3.05, 3.63) is 36.2 Å². The molecule has 0 bridgehead atoms. The van der Waals surface area contributed by atoms with Crippen LogP contribution in [0.1, 0.15) is 30.8 Å². The van der Waals surface area contributed by atoms with Gasteiger partial charge in [-0.05, 0) is 32.4 Å². The van der Waals surface area contributed by atoms with Crippen LogP contribution in [0.5, 0.6) is 0 Å². The molecule has 3 rings (SSSR count). The zero-order chi connectivity index (χ0) is 19.2. The summed E-state index contributed by atoms with van der Waals surface area (Å²) in [6, 6.07) is 7.54. The topological polar surface area (TPSA) is 69.6 Å². The van der Waals surface area contributed by atoms with Gasteiger partial charge in [0, 0.05) is 39.3 Å². The van der Waals surface area contributed by atoms with E-state index in [1.165, 1.54) is 0 Å². The average molecular weight is 369 g/mol. The second-order valence-electron chi connectivity index (χ2n) is 6.73. The average Bonchev–Trinajstić information content (AvgIpc) is 2.93. The zero-order valence-electron chi connectivity index (χ0n) is 16.1. The van der Waals surface area contributed by atoms with Crippen LogP contribution in [-0.4, -0.2) is 82.3 Å². The molecule has 1 aromatic heterocycles. The van der Waals surface area contributed by atoms with Gasteiger partial charge in [0.1, 0.15) is 5.69 Å². The van der Waals surface area contributed by atoms with Gasteiger partial charge in [0.05, 0.1) is 23.8 Å². The highest BCUT2D eigenvalue weighted by atomic mass is 16.2. The third kappa shape index (κ3) is 4.60. The van der Waals surface area contributed by atoms with Gasteiger partial charge in [-0.1, -0.05) is 12.1 Å². The molecule has 0 aliphatic carbocycles. The fourth-order valence-electron chi connectivity index (χ4n) is 3.42. The molecule has 1 aliphatic rings. The van der Waals surface area contributed by atoms with E-state index < -0.39 is 0 Å². The van der Waals surface area contributed by atoms with E-state index in [1.54, 1.807) is 6.20 Å². The molecule has 144 valence electrons. The highest BCUT2D eigenvalue weighted by Gasteiger charge is 2.23. The van der Waals surface area contributed by atoms with Gasteiger partial charge in [-0.3, -0.25) is 19.5 Å². The first-order valence-corrected chi connectivity index (χ1v) is 9.63. The van der Waals surface area contributed by atoms with Crippen LogP contribution in [-0.2, 0) is 4.79 Å². The summed E-state index contributed by atoms with van der Waals surface area (Å²) in [6.45, 7) is 8.65. The first kappa shape index (κ1) is 19.2. The molecule has 1 aromatic carbocycles. The minimum Gasteiger partial charge on any atom is -0.342 e. The summed E-state index contributed by atoms with van der Waals surface area (Å²) >= 11 is 0. The van der Waals surface area contributed by atoms with E-state index in [4.69, 9.17) is 0 Å². The van der Waals surface area contributed by atoms with Crippen LogP contribution in [0.3, 0.4) is 0 Å². The van der Waals surface area contributed by atoms with Crippen LogP contribution in [0.15, 0.2) is 30.5 Å². The number of benzene rings is 1. The number of amides is 2. The number of rotatable bonds is 5. The van der Waals surface area contributed by atoms with Crippen molar-refractivity contribution in [2.75, 3.05) is 45.8 Å². The van der Waals surface area contributed by atoms with Gasteiger partial charge in [0.2, 0.25) is 5.91 Å². The normalized spacial score (nSPS) is 15.6. The van der Waals surface area contributed by atoms with Crippen molar-refractivity contribution in [1.29, 1.82) is 0 Å². The van der Waals surface area contributed by atoms with Gasteiger partial charge in [-0.15, -0.1) is 0 Å². The Morgan fingerprint density at radius 3 is 2.52 bits per heavy atom. The van der Waals surface area contributed by atoms with Gasteiger partial charge >= 0.3 is 0 Å². The molecule has 2 heterocycles. The number of carbonyl (C=O) groups excluding carboxylic acids is 2. The fourth-order valence-corrected chi connectivity index (χ4v) is 3.42. The Morgan fingerprint density at radius 1 is 1.04 bits per heavy atom. The fraction of sp³-hybridized carbons (Fsp3) is 0.500. The molecule has 0 unspecified atom stereocenters. The predicted molar refractivity (Wildman–Crippen MR) is 104 cm³/mol. The molecule has 1 aliphatic heterocycles. The Morgan fingerprint density at radius 2 is 1.78 bits per heavy atom. The van der Waals surface area contributed by atoms with Crippen molar-refractivity contribution >= 4 is 22.8 Å². The third-order valence-corrected chi connectivity index (χ3v) is 5.02. The lowest BCUT2D eigenvalue weighted by Gasteiger charge is -2.25. The lowest BCUT2D eigenvalue weighted by Crippen LogP contribution is -2.42. The lowest BCUT2D eigenvalue weighted by atomic mass is 10.2. The van der Waals surface area contributed by atoms with Crippen molar-refractivity contribution in [3.8, 4) is 0 Å². The van der Waals surface area contributed by atoms with Crippen molar-refractivity contribution in [2.45, 2.75) is 20.3 Å². The maximum absolute atomic E-state index is 12.9. The van der Waals surface area contributed by atoms with Crippen molar-refractivity contribution in [2.24, 2.45) is 0 Å². The second kappa shape index (κ2) is 8.90. The Bertz CT molecular complexity index is 806. The maximum Gasteiger partial charge on any atom is 0.274 e. The van der Waals surface area contributed by atoms with Crippen molar-refractivity contribution < 1.29 is 9.59 Å². The van der Waals surface area contributed by atoms with Crippen LogP contribution in [0.2, 0.25) is 0 Å². The summed E-state index contributed by atoms with van der Waals surface area (Å²) in [5.41, 5.74) is 1.89. The van der Waals surface area contributed by atoms with Gasteiger partial charge in [0.25, 0.3) is 5.91 Å². The first-order chi connectivity index (χ1) is 13.1. The van der Waals surface area contributed by atoms with E-state index in [-0.39, 0.29) is 11.8 Å². The van der Waals surface area contributed by atoms with Crippen molar-refractivity contribution in [3.63, 3.8) is 0 Å². The lowest BCUT2D eigenvalue weighted by molar-refractivity contribution is -0.132. The standard InChI is InChI=1S/C20H27N5O2/c1-3-24(4-2)19(26)15-23-10-7-11-25(13-12-23)20(27)18-14-21-16-8-5-6-9-17(16)22-18/h5-6,8-9,14H,3-4,7,10-13,15H2,1-2H3. The third-order valence-electron chi connectivity index (χ3n) is 5.02. The van der Waals surface area contributed by atoms with Crippen LogP contribution < -0.4 is 0 Å². The zero-order valence-corrected chi connectivity index (χ0v) is 16.1. The minimum absolute atomic E-state index is 0.0924. The molecule has 7 nitrogen and oxygen atoms in total. The monoisotopic (exact) mass is 369 g/mol. The predicted octanol–water partition coefficient (Wildman–Crippen LogP) is 1.65. The number of likely N-dealkylation sites (N-methyl/N-ethyl adjacent to an activating group) is 1. The van der Waals surface area contributed by atoms with E-state index >= 15 is 0 Å².